The van der Waals surface area contributed by atoms with Gasteiger partial charge in [0.15, 0.2) is 0 Å². The number of aromatic nitrogens is 2. The Bertz CT molecular complexity index is 513. The maximum absolute atomic E-state index is 12.0. The summed E-state index contributed by atoms with van der Waals surface area (Å²) in [6.45, 7) is 1.92. The summed E-state index contributed by atoms with van der Waals surface area (Å²) in [5, 5.41) is 14.6. The normalized spacial score (nSPS) is 16.3. The smallest absolute Gasteiger partial charge is 0.317 e. The van der Waals surface area contributed by atoms with Crippen molar-refractivity contribution in [1.29, 1.82) is 0 Å². The number of carboxylic acid groups (broad SMARTS) is 1. The van der Waals surface area contributed by atoms with Crippen LogP contribution in [-0.2, 0) is 4.79 Å². The molecule has 1 aromatic heterocycles. The molecule has 8 nitrogen and oxygen atoms in total. The number of nitrogens with one attached hydrogen (secondary N) is 1. The first kappa shape index (κ1) is 13.2. The lowest BCUT2D eigenvalue weighted by Crippen LogP contribution is -2.50. The number of carboxylic acids is 1. The van der Waals surface area contributed by atoms with Crippen molar-refractivity contribution in [2.75, 3.05) is 32.7 Å². The third-order valence-electron chi connectivity index (χ3n) is 2.92. The van der Waals surface area contributed by atoms with Crippen LogP contribution in [0.4, 0.5) is 0 Å². The van der Waals surface area contributed by atoms with Crippen molar-refractivity contribution in [2.45, 2.75) is 0 Å². The highest BCUT2D eigenvalue weighted by atomic mass is 16.4. The Hall–Kier alpha value is -2.22. The van der Waals surface area contributed by atoms with Gasteiger partial charge in [0.25, 0.3) is 11.5 Å². The van der Waals surface area contributed by atoms with Gasteiger partial charge in [0.2, 0.25) is 0 Å². The Morgan fingerprint density at radius 2 is 1.95 bits per heavy atom. The summed E-state index contributed by atoms with van der Waals surface area (Å²) in [7, 11) is 0. The van der Waals surface area contributed by atoms with Crippen LogP contribution < -0.4 is 5.56 Å². The molecule has 0 spiro atoms. The molecule has 19 heavy (non-hydrogen) atoms. The second-order valence-electron chi connectivity index (χ2n) is 4.27. The van der Waals surface area contributed by atoms with Crippen LogP contribution in [0.15, 0.2) is 16.9 Å². The van der Waals surface area contributed by atoms with Crippen LogP contribution in [0.25, 0.3) is 0 Å². The summed E-state index contributed by atoms with van der Waals surface area (Å²) in [6, 6.07) is 2.63. The number of aromatic amines is 1. The first-order chi connectivity index (χ1) is 9.06. The Morgan fingerprint density at radius 1 is 1.26 bits per heavy atom. The van der Waals surface area contributed by atoms with Gasteiger partial charge in [0.1, 0.15) is 5.69 Å². The van der Waals surface area contributed by atoms with Crippen molar-refractivity contribution >= 4 is 11.9 Å². The number of hydrogen-bond donors (Lipinski definition) is 2. The Labute approximate surface area is 108 Å². The number of carbonyl (C=O) groups is 2. The largest absolute Gasteiger partial charge is 0.480 e. The van der Waals surface area contributed by atoms with Crippen LogP contribution in [0.5, 0.6) is 0 Å². The standard InChI is InChI=1S/C11H14N4O4/c16-9-2-1-8(12-13-9)11(19)15-5-3-14(4-6-15)7-10(17)18/h1-2H,3-7H2,(H,13,16)(H,17,18). The minimum atomic E-state index is -0.873. The van der Waals surface area contributed by atoms with Gasteiger partial charge in [0, 0.05) is 32.2 Å². The third kappa shape index (κ3) is 3.38. The Morgan fingerprint density at radius 3 is 2.47 bits per heavy atom. The zero-order chi connectivity index (χ0) is 13.8. The summed E-state index contributed by atoms with van der Waals surface area (Å²) in [5.41, 5.74) is -0.172. The number of rotatable bonds is 3. The molecule has 2 rings (SSSR count). The van der Waals surface area contributed by atoms with E-state index in [1.165, 1.54) is 12.1 Å². The number of aliphatic carboxylic acids is 1. The summed E-state index contributed by atoms with van der Waals surface area (Å²) in [4.78, 5) is 36.8. The van der Waals surface area contributed by atoms with E-state index in [9.17, 15) is 14.4 Å². The molecule has 0 atom stereocenters. The molecular weight excluding hydrogens is 252 g/mol. The highest BCUT2D eigenvalue weighted by Crippen LogP contribution is 2.05. The molecule has 1 saturated heterocycles. The van der Waals surface area contributed by atoms with Crippen LogP contribution in [0, 0.1) is 0 Å². The zero-order valence-electron chi connectivity index (χ0n) is 10.2. The topological polar surface area (TPSA) is 107 Å². The van der Waals surface area contributed by atoms with Crippen molar-refractivity contribution in [3.05, 3.63) is 28.2 Å². The molecule has 1 fully saturated rings. The van der Waals surface area contributed by atoms with Crippen LogP contribution in [0.3, 0.4) is 0 Å². The molecule has 1 amide bonds. The molecule has 0 saturated carbocycles. The monoisotopic (exact) mass is 266 g/mol. The summed E-state index contributed by atoms with van der Waals surface area (Å²) in [5.74, 6) is -1.13. The lowest BCUT2D eigenvalue weighted by atomic mass is 10.2. The van der Waals surface area contributed by atoms with Crippen LogP contribution in [0.2, 0.25) is 0 Å². The predicted octanol–water partition coefficient (Wildman–Crippen LogP) is -1.39. The fraction of sp³-hybridized carbons (Fsp3) is 0.455. The molecule has 2 N–H and O–H groups in total. The van der Waals surface area contributed by atoms with Gasteiger partial charge in [-0.2, -0.15) is 5.10 Å². The quantitative estimate of drug-likeness (QED) is 0.697. The van der Waals surface area contributed by atoms with Gasteiger partial charge in [-0.15, -0.1) is 0 Å². The van der Waals surface area contributed by atoms with Crippen LogP contribution in [-0.4, -0.2) is 69.7 Å². The van der Waals surface area contributed by atoms with Gasteiger partial charge < -0.3 is 10.0 Å². The Balaban J connectivity index is 1.94. The summed E-state index contributed by atoms with van der Waals surface area (Å²) >= 11 is 0. The molecular formula is C11H14N4O4. The fourth-order valence-corrected chi connectivity index (χ4v) is 1.93. The second kappa shape index (κ2) is 5.61. The van der Waals surface area contributed by atoms with E-state index in [0.717, 1.165) is 0 Å². The van der Waals surface area contributed by atoms with E-state index in [4.69, 9.17) is 5.11 Å². The van der Waals surface area contributed by atoms with Gasteiger partial charge in [-0.3, -0.25) is 19.3 Å². The third-order valence-corrected chi connectivity index (χ3v) is 2.92. The van der Waals surface area contributed by atoms with E-state index in [0.29, 0.717) is 26.2 Å². The van der Waals surface area contributed by atoms with Gasteiger partial charge in [-0.05, 0) is 6.07 Å². The maximum atomic E-state index is 12.0. The first-order valence-corrected chi connectivity index (χ1v) is 5.85. The highest BCUT2D eigenvalue weighted by Gasteiger charge is 2.23. The number of hydrogen-bond acceptors (Lipinski definition) is 5. The molecule has 0 radical (unpaired) electrons. The average Bonchev–Trinajstić information content (AvgIpc) is 2.39. The van der Waals surface area contributed by atoms with E-state index < -0.39 is 5.97 Å². The molecule has 102 valence electrons. The average molecular weight is 266 g/mol. The van der Waals surface area contributed by atoms with Crippen molar-refractivity contribution in [1.82, 2.24) is 20.0 Å². The van der Waals surface area contributed by atoms with E-state index in [-0.39, 0.29) is 23.7 Å². The molecule has 0 bridgehead atoms. The zero-order valence-corrected chi connectivity index (χ0v) is 10.2. The molecule has 1 aliphatic heterocycles. The molecule has 0 aliphatic carbocycles. The van der Waals surface area contributed by atoms with Gasteiger partial charge >= 0.3 is 5.97 Å². The van der Waals surface area contributed by atoms with Crippen molar-refractivity contribution < 1.29 is 14.7 Å². The molecule has 1 aromatic rings. The van der Waals surface area contributed by atoms with Crippen LogP contribution in [0.1, 0.15) is 10.5 Å². The molecule has 0 unspecified atom stereocenters. The van der Waals surface area contributed by atoms with Crippen LogP contribution >= 0.6 is 0 Å². The molecule has 1 aliphatic rings. The first-order valence-electron chi connectivity index (χ1n) is 5.85. The van der Waals surface area contributed by atoms with Crippen molar-refractivity contribution in [2.24, 2.45) is 0 Å². The predicted molar refractivity (Wildman–Crippen MR) is 64.8 cm³/mol. The lowest BCUT2D eigenvalue weighted by Gasteiger charge is -2.33. The Kier molecular flexibility index (Phi) is 3.91. The number of piperazine rings is 1. The number of nitrogens with zero attached hydrogens (tertiary/aromatic N) is 3. The number of carbonyl (C=O) groups excluding carboxylic acids is 1. The molecule has 8 heteroatoms. The highest BCUT2D eigenvalue weighted by molar-refractivity contribution is 5.92. The van der Waals surface area contributed by atoms with Gasteiger partial charge in [-0.25, -0.2) is 5.10 Å². The molecule has 2 heterocycles. The van der Waals surface area contributed by atoms with Gasteiger partial charge in [0.05, 0.1) is 6.54 Å². The van der Waals surface area contributed by atoms with E-state index in [2.05, 4.69) is 10.2 Å². The lowest BCUT2D eigenvalue weighted by molar-refractivity contribution is -0.138. The number of amides is 1. The fourth-order valence-electron chi connectivity index (χ4n) is 1.93. The second-order valence-corrected chi connectivity index (χ2v) is 4.27. The van der Waals surface area contributed by atoms with Gasteiger partial charge in [-0.1, -0.05) is 0 Å². The van der Waals surface area contributed by atoms with Crippen molar-refractivity contribution in [3.8, 4) is 0 Å². The summed E-state index contributed by atoms with van der Waals surface area (Å²) in [6.07, 6.45) is 0. The van der Waals surface area contributed by atoms with Crippen molar-refractivity contribution in [3.63, 3.8) is 0 Å². The summed E-state index contributed by atoms with van der Waals surface area (Å²) < 4.78 is 0. The van der Waals surface area contributed by atoms with E-state index in [1.807, 2.05) is 0 Å². The minimum Gasteiger partial charge on any atom is -0.480 e. The maximum Gasteiger partial charge on any atom is 0.317 e. The van der Waals surface area contributed by atoms with E-state index in [1.54, 1.807) is 9.80 Å². The molecule has 0 aromatic carbocycles. The SMILES string of the molecule is O=C(O)CN1CCN(C(=O)c2ccc(=O)[nH]n2)CC1. The minimum absolute atomic E-state index is 0.0149. The van der Waals surface area contributed by atoms with E-state index >= 15 is 0 Å². The number of H-pyrrole nitrogens is 1.